The summed E-state index contributed by atoms with van der Waals surface area (Å²) >= 11 is 0. The number of nitrogens with one attached hydrogen (secondary N) is 1. The molecule has 6 nitrogen and oxygen atoms in total. The van der Waals surface area contributed by atoms with E-state index in [1.54, 1.807) is 0 Å². The van der Waals surface area contributed by atoms with Crippen molar-refractivity contribution in [3.05, 3.63) is 54.6 Å². The Hall–Kier alpha value is -2.57. The van der Waals surface area contributed by atoms with Crippen LogP contribution in [0.4, 0.5) is 5.69 Å². The van der Waals surface area contributed by atoms with Gasteiger partial charge in [-0.25, -0.2) is 0 Å². The zero-order valence-electron chi connectivity index (χ0n) is 17.2. The molecule has 1 aliphatic heterocycles. The number of benzene rings is 2. The quantitative estimate of drug-likeness (QED) is 0.586. The molecule has 0 unspecified atom stereocenters. The van der Waals surface area contributed by atoms with Gasteiger partial charge in [0.1, 0.15) is 11.5 Å². The fraction of sp³-hybridized carbons (Fsp3) is 0.435. The molecule has 1 aliphatic rings. The van der Waals surface area contributed by atoms with Gasteiger partial charge in [0.25, 0.3) is 0 Å². The van der Waals surface area contributed by atoms with Gasteiger partial charge in [-0.1, -0.05) is 30.3 Å². The van der Waals surface area contributed by atoms with Gasteiger partial charge in [0.05, 0.1) is 37.7 Å². The molecule has 0 radical (unpaired) electrons. The van der Waals surface area contributed by atoms with Gasteiger partial charge in [-0.15, -0.1) is 0 Å². The summed E-state index contributed by atoms with van der Waals surface area (Å²) in [5.41, 5.74) is 0.706. The van der Waals surface area contributed by atoms with Crippen LogP contribution in [0.3, 0.4) is 0 Å². The highest BCUT2D eigenvalue weighted by Gasteiger charge is 2.34. The van der Waals surface area contributed by atoms with Gasteiger partial charge in [0, 0.05) is 19.5 Å². The van der Waals surface area contributed by atoms with Gasteiger partial charge >= 0.3 is 0 Å². The number of carbonyl (C=O) groups excluding carboxylic acids is 1. The Balaban J connectivity index is 1.32. The first-order chi connectivity index (χ1) is 14.2. The second-order valence-corrected chi connectivity index (χ2v) is 7.06. The molecule has 29 heavy (non-hydrogen) atoms. The second-order valence-electron chi connectivity index (χ2n) is 7.06. The summed E-state index contributed by atoms with van der Waals surface area (Å²) in [7, 11) is 0. The van der Waals surface area contributed by atoms with Crippen LogP contribution < -0.4 is 14.8 Å². The van der Waals surface area contributed by atoms with E-state index < -0.39 is 0 Å². The zero-order chi connectivity index (χ0) is 20.5. The van der Waals surface area contributed by atoms with Crippen LogP contribution in [0, 0.1) is 0 Å². The fourth-order valence-electron chi connectivity index (χ4n) is 3.16. The number of anilines is 1. The summed E-state index contributed by atoms with van der Waals surface area (Å²) in [6.45, 7) is 7.23. The van der Waals surface area contributed by atoms with Crippen LogP contribution in [0.5, 0.6) is 11.5 Å². The summed E-state index contributed by atoms with van der Waals surface area (Å²) in [5, 5.41) is 2.97. The normalized spacial score (nSPS) is 15.4. The van der Waals surface area contributed by atoms with E-state index in [1.165, 1.54) is 0 Å². The summed E-state index contributed by atoms with van der Waals surface area (Å²) < 4.78 is 17.1. The van der Waals surface area contributed by atoms with Crippen LogP contribution in [-0.4, -0.2) is 55.9 Å². The third kappa shape index (κ3) is 6.21. The monoisotopic (exact) mass is 398 g/mol. The van der Waals surface area contributed by atoms with Crippen molar-refractivity contribution in [2.24, 2.45) is 0 Å². The molecule has 1 fully saturated rings. The lowest BCUT2D eigenvalue weighted by Gasteiger charge is -2.42. The summed E-state index contributed by atoms with van der Waals surface area (Å²) in [4.78, 5) is 14.7. The van der Waals surface area contributed by atoms with Crippen molar-refractivity contribution in [1.29, 1.82) is 0 Å². The Morgan fingerprint density at radius 3 is 2.55 bits per heavy atom. The van der Waals surface area contributed by atoms with Crippen LogP contribution in [0.1, 0.15) is 20.3 Å². The Kier molecular flexibility index (Phi) is 7.90. The Morgan fingerprint density at radius 2 is 1.79 bits per heavy atom. The van der Waals surface area contributed by atoms with Gasteiger partial charge in [0.15, 0.2) is 0 Å². The molecule has 156 valence electrons. The van der Waals surface area contributed by atoms with Crippen molar-refractivity contribution in [1.82, 2.24) is 4.90 Å². The van der Waals surface area contributed by atoms with Crippen molar-refractivity contribution in [3.63, 3.8) is 0 Å². The standard InChI is InChI=1S/C23H30N2O4/c1-3-27-22-13-8-7-12-21(22)24-23(26)18(2)25-16-20(17-25)29-15-9-14-28-19-10-5-4-6-11-19/h4-8,10-13,18,20H,3,9,14-17H2,1-2H3,(H,24,26)/t18-/m0/s1. The van der Waals surface area contributed by atoms with Crippen molar-refractivity contribution in [2.45, 2.75) is 32.4 Å². The average molecular weight is 399 g/mol. The molecule has 2 aromatic carbocycles. The van der Waals surface area contributed by atoms with Gasteiger partial charge in [-0.2, -0.15) is 0 Å². The molecule has 0 aromatic heterocycles. The van der Waals surface area contributed by atoms with E-state index >= 15 is 0 Å². The number of nitrogens with zero attached hydrogens (tertiary/aromatic N) is 1. The van der Waals surface area contributed by atoms with E-state index in [0.717, 1.165) is 25.3 Å². The van der Waals surface area contributed by atoms with Gasteiger partial charge < -0.3 is 19.5 Å². The lowest BCUT2D eigenvalue weighted by molar-refractivity contribution is -0.128. The molecule has 0 saturated carbocycles. The minimum Gasteiger partial charge on any atom is -0.494 e. The Bertz CT molecular complexity index is 762. The van der Waals surface area contributed by atoms with E-state index in [9.17, 15) is 4.79 Å². The van der Waals surface area contributed by atoms with Crippen LogP contribution in [-0.2, 0) is 9.53 Å². The number of carbonyl (C=O) groups is 1. The molecule has 1 heterocycles. The average Bonchev–Trinajstić information content (AvgIpc) is 2.71. The lowest BCUT2D eigenvalue weighted by atomic mass is 10.1. The number of rotatable bonds is 11. The van der Waals surface area contributed by atoms with E-state index in [2.05, 4.69) is 10.2 Å². The maximum Gasteiger partial charge on any atom is 0.241 e. The number of likely N-dealkylation sites (tertiary alicyclic amines) is 1. The topological polar surface area (TPSA) is 60.0 Å². The van der Waals surface area contributed by atoms with Crippen molar-refractivity contribution < 1.29 is 19.0 Å². The summed E-state index contributed by atoms with van der Waals surface area (Å²) in [6, 6.07) is 17.1. The van der Waals surface area contributed by atoms with E-state index in [-0.39, 0.29) is 18.1 Å². The van der Waals surface area contributed by atoms with Gasteiger partial charge in [-0.05, 0) is 38.1 Å². The predicted molar refractivity (Wildman–Crippen MR) is 114 cm³/mol. The number of ether oxygens (including phenoxy) is 3. The molecule has 2 aromatic rings. The minimum absolute atomic E-state index is 0.0353. The molecule has 0 bridgehead atoms. The number of para-hydroxylation sites is 3. The molecule has 3 rings (SSSR count). The van der Waals surface area contributed by atoms with E-state index in [1.807, 2.05) is 68.4 Å². The number of hydrogen-bond acceptors (Lipinski definition) is 5. The first kappa shape index (κ1) is 21.1. The third-order valence-electron chi connectivity index (χ3n) is 4.90. The zero-order valence-corrected chi connectivity index (χ0v) is 17.2. The van der Waals surface area contributed by atoms with Crippen LogP contribution in [0.25, 0.3) is 0 Å². The number of hydrogen-bond donors (Lipinski definition) is 1. The number of amides is 1. The summed E-state index contributed by atoms with van der Waals surface area (Å²) in [6.07, 6.45) is 1.02. The highest BCUT2D eigenvalue weighted by Crippen LogP contribution is 2.25. The summed E-state index contributed by atoms with van der Waals surface area (Å²) in [5.74, 6) is 1.54. The molecule has 0 spiro atoms. The minimum atomic E-state index is -0.217. The highest BCUT2D eigenvalue weighted by atomic mass is 16.5. The van der Waals surface area contributed by atoms with Crippen molar-refractivity contribution >= 4 is 11.6 Å². The van der Waals surface area contributed by atoms with Crippen LogP contribution in [0.15, 0.2) is 54.6 Å². The molecular weight excluding hydrogens is 368 g/mol. The molecule has 6 heteroatoms. The maximum absolute atomic E-state index is 12.6. The first-order valence-electron chi connectivity index (χ1n) is 10.2. The Labute approximate surface area is 172 Å². The molecule has 1 saturated heterocycles. The van der Waals surface area contributed by atoms with Gasteiger partial charge in [-0.3, -0.25) is 9.69 Å². The smallest absolute Gasteiger partial charge is 0.241 e. The highest BCUT2D eigenvalue weighted by molar-refractivity contribution is 5.95. The van der Waals surface area contributed by atoms with Crippen LogP contribution >= 0.6 is 0 Å². The first-order valence-corrected chi connectivity index (χ1v) is 10.2. The Morgan fingerprint density at radius 1 is 1.07 bits per heavy atom. The largest absolute Gasteiger partial charge is 0.494 e. The van der Waals surface area contributed by atoms with Crippen molar-refractivity contribution in [3.8, 4) is 11.5 Å². The third-order valence-corrected chi connectivity index (χ3v) is 4.90. The lowest BCUT2D eigenvalue weighted by Crippen LogP contribution is -2.58. The van der Waals surface area contributed by atoms with E-state index in [4.69, 9.17) is 14.2 Å². The molecule has 1 atom stereocenters. The molecule has 0 aliphatic carbocycles. The molecular formula is C23H30N2O4. The fourth-order valence-corrected chi connectivity index (χ4v) is 3.16. The molecule has 1 N–H and O–H groups in total. The van der Waals surface area contributed by atoms with Crippen LogP contribution in [0.2, 0.25) is 0 Å². The maximum atomic E-state index is 12.6. The predicted octanol–water partition coefficient (Wildman–Crippen LogP) is 3.58. The SMILES string of the molecule is CCOc1ccccc1NC(=O)[C@H](C)N1CC(OCCCOc2ccccc2)C1. The van der Waals surface area contributed by atoms with Gasteiger partial charge in [0.2, 0.25) is 5.91 Å². The second kappa shape index (κ2) is 10.8. The van der Waals surface area contributed by atoms with E-state index in [0.29, 0.717) is 31.3 Å². The molecule has 1 amide bonds. The van der Waals surface area contributed by atoms with Crippen molar-refractivity contribution in [2.75, 3.05) is 38.2 Å².